The van der Waals surface area contributed by atoms with E-state index in [2.05, 4.69) is 26.0 Å². The summed E-state index contributed by atoms with van der Waals surface area (Å²) in [6.45, 7) is -0.165. The van der Waals surface area contributed by atoms with Crippen molar-refractivity contribution in [3.63, 3.8) is 0 Å². The van der Waals surface area contributed by atoms with Gasteiger partial charge in [0.1, 0.15) is 12.4 Å². The Bertz CT molecular complexity index is 413. The van der Waals surface area contributed by atoms with E-state index in [-0.39, 0.29) is 6.61 Å². The number of hydrogen-bond donors (Lipinski definition) is 1. The largest absolute Gasteiger partial charge is 0.493 e. The maximum Gasteiger partial charge on any atom is 0.411 e. The van der Waals surface area contributed by atoms with Crippen LogP contribution in [0.2, 0.25) is 0 Å². The van der Waals surface area contributed by atoms with Gasteiger partial charge < -0.3 is 14.8 Å². The van der Waals surface area contributed by atoms with E-state index < -0.39 is 12.8 Å². The predicted octanol–water partition coefficient (Wildman–Crippen LogP) is 3.52. The molecule has 0 saturated carbocycles. The molecular weight excluding hydrogens is 339 g/mol. The number of rotatable bonds is 8. The average molecular weight is 356 g/mol. The second-order valence-corrected chi connectivity index (χ2v) is 5.01. The molecule has 0 saturated heterocycles. The van der Waals surface area contributed by atoms with Crippen LogP contribution in [0.25, 0.3) is 0 Å². The SMILES string of the molecule is CNCc1cc(OCCCOCC(F)(F)F)ccc1Br. The molecular formula is C13H17BrF3NO2. The first-order chi connectivity index (χ1) is 9.42. The molecule has 0 fully saturated rings. The van der Waals surface area contributed by atoms with Gasteiger partial charge in [0.2, 0.25) is 0 Å². The van der Waals surface area contributed by atoms with Crippen molar-refractivity contribution < 1.29 is 22.6 Å². The third kappa shape index (κ3) is 7.12. The first-order valence-corrected chi connectivity index (χ1v) is 6.92. The van der Waals surface area contributed by atoms with E-state index in [1.54, 1.807) is 6.07 Å². The highest BCUT2D eigenvalue weighted by Gasteiger charge is 2.27. The van der Waals surface area contributed by atoms with Crippen LogP contribution in [-0.4, -0.2) is 33.0 Å². The summed E-state index contributed by atoms with van der Waals surface area (Å²) in [6, 6.07) is 5.57. The van der Waals surface area contributed by atoms with Gasteiger partial charge in [-0.2, -0.15) is 13.2 Å². The van der Waals surface area contributed by atoms with Gasteiger partial charge in [-0.3, -0.25) is 0 Å². The number of nitrogens with one attached hydrogen (secondary N) is 1. The summed E-state index contributed by atoms with van der Waals surface area (Å²) in [4.78, 5) is 0. The Morgan fingerprint density at radius 3 is 2.65 bits per heavy atom. The van der Waals surface area contributed by atoms with E-state index >= 15 is 0 Å². The summed E-state index contributed by atoms with van der Waals surface area (Å²) >= 11 is 3.43. The molecule has 0 bridgehead atoms. The lowest BCUT2D eigenvalue weighted by atomic mass is 10.2. The number of benzene rings is 1. The van der Waals surface area contributed by atoms with Crippen LogP contribution < -0.4 is 10.1 Å². The van der Waals surface area contributed by atoms with Gasteiger partial charge in [-0.05, 0) is 30.8 Å². The molecule has 20 heavy (non-hydrogen) atoms. The minimum atomic E-state index is -4.27. The van der Waals surface area contributed by atoms with Gasteiger partial charge in [-0.15, -0.1) is 0 Å². The number of halogens is 4. The lowest BCUT2D eigenvalue weighted by Crippen LogP contribution is -2.18. The van der Waals surface area contributed by atoms with Crippen molar-refractivity contribution in [1.29, 1.82) is 0 Å². The van der Waals surface area contributed by atoms with Crippen molar-refractivity contribution >= 4 is 15.9 Å². The van der Waals surface area contributed by atoms with E-state index in [9.17, 15) is 13.2 Å². The van der Waals surface area contributed by atoms with Crippen LogP contribution in [0, 0.1) is 0 Å². The van der Waals surface area contributed by atoms with Crippen LogP contribution in [0.4, 0.5) is 13.2 Å². The van der Waals surface area contributed by atoms with Gasteiger partial charge in [0.25, 0.3) is 0 Å². The van der Waals surface area contributed by atoms with E-state index in [0.29, 0.717) is 25.3 Å². The third-order valence-electron chi connectivity index (χ3n) is 2.35. The van der Waals surface area contributed by atoms with Crippen molar-refractivity contribution in [2.24, 2.45) is 0 Å². The van der Waals surface area contributed by atoms with Gasteiger partial charge in [0.05, 0.1) is 13.2 Å². The Morgan fingerprint density at radius 2 is 2.00 bits per heavy atom. The summed E-state index contributed by atoms with van der Waals surface area (Å²) in [7, 11) is 1.85. The lowest BCUT2D eigenvalue weighted by molar-refractivity contribution is -0.174. The van der Waals surface area contributed by atoms with Gasteiger partial charge in [-0.25, -0.2) is 0 Å². The quantitative estimate of drug-likeness (QED) is 0.723. The fourth-order valence-corrected chi connectivity index (χ4v) is 1.89. The van der Waals surface area contributed by atoms with Crippen molar-refractivity contribution in [2.45, 2.75) is 19.1 Å². The molecule has 0 aliphatic carbocycles. The van der Waals surface area contributed by atoms with Gasteiger partial charge in [0, 0.05) is 17.4 Å². The third-order valence-corrected chi connectivity index (χ3v) is 3.13. The molecule has 114 valence electrons. The van der Waals surface area contributed by atoms with E-state index in [1.807, 2.05) is 19.2 Å². The second kappa shape index (κ2) is 8.49. The average Bonchev–Trinajstić information content (AvgIpc) is 2.36. The summed E-state index contributed by atoms with van der Waals surface area (Å²) in [6.07, 6.45) is -3.86. The summed E-state index contributed by atoms with van der Waals surface area (Å²) in [5, 5.41) is 3.04. The molecule has 0 aliphatic heterocycles. The van der Waals surface area contributed by atoms with Crippen LogP contribution in [0.15, 0.2) is 22.7 Å². The number of hydrogen-bond acceptors (Lipinski definition) is 3. The van der Waals surface area contributed by atoms with Crippen LogP contribution >= 0.6 is 15.9 Å². The Kier molecular flexibility index (Phi) is 7.32. The first kappa shape index (κ1) is 17.3. The molecule has 7 heteroatoms. The summed E-state index contributed by atoms with van der Waals surface area (Å²) in [5.41, 5.74) is 1.05. The molecule has 1 aromatic rings. The normalized spacial score (nSPS) is 11.7. The number of ether oxygens (including phenoxy) is 2. The monoisotopic (exact) mass is 355 g/mol. The van der Waals surface area contributed by atoms with Crippen LogP contribution in [0.1, 0.15) is 12.0 Å². The molecule has 0 radical (unpaired) electrons. The molecule has 3 nitrogen and oxygen atoms in total. The van der Waals surface area contributed by atoms with Crippen molar-refractivity contribution in [2.75, 3.05) is 26.9 Å². The second-order valence-electron chi connectivity index (χ2n) is 4.15. The van der Waals surface area contributed by atoms with Crippen LogP contribution in [0.3, 0.4) is 0 Å². The molecule has 0 heterocycles. The molecule has 0 aliphatic rings. The minimum Gasteiger partial charge on any atom is -0.493 e. The van der Waals surface area contributed by atoms with E-state index in [0.717, 1.165) is 10.0 Å². The highest BCUT2D eigenvalue weighted by Crippen LogP contribution is 2.22. The molecule has 0 unspecified atom stereocenters. The van der Waals surface area contributed by atoms with Crippen molar-refractivity contribution in [3.05, 3.63) is 28.2 Å². The zero-order valence-corrected chi connectivity index (χ0v) is 12.7. The van der Waals surface area contributed by atoms with Crippen molar-refractivity contribution in [3.8, 4) is 5.75 Å². The summed E-state index contributed by atoms with van der Waals surface area (Å²) in [5.74, 6) is 0.689. The molecule has 0 spiro atoms. The van der Waals surface area contributed by atoms with Crippen LogP contribution in [0.5, 0.6) is 5.75 Å². The van der Waals surface area contributed by atoms with Crippen LogP contribution in [-0.2, 0) is 11.3 Å². The minimum absolute atomic E-state index is 0.0272. The molecule has 0 amide bonds. The zero-order valence-electron chi connectivity index (χ0n) is 11.1. The molecule has 0 aromatic heterocycles. The standard InChI is InChI=1S/C13H17BrF3NO2/c1-18-8-10-7-11(3-4-12(10)14)20-6-2-5-19-9-13(15,16)17/h3-4,7,18H,2,5-6,8-9H2,1H3. The van der Waals surface area contributed by atoms with Gasteiger partial charge in [0.15, 0.2) is 0 Å². The summed E-state index contributed by atoms with van der Waals surface area (Å²) < 4.78 is 46.4. The molecule has 0 atom stereocenters. The highest BCUT2D eigenvalue weighted by atomic mass is 79.9. The zero-order chi connectivity index (χ0) is 15.0. The Hall–Kier alpha value is -0.790. The predicted molar refractivity (Wildman–Crippen MR) is 73.9 cm³/mol. The molecule has 1 aromatic carbocycles. The van der Waals surface area contributed by atoms with E-state index in [1.165, 1.54) is 0 Å². The topological polar surface area (TPSA) is 30.5 Å². The Labute approximate surface area is 124 Å². The maximum absolute atomic E-state index is 11.8. The maximum atomic E-state index is 11.8. The Morgan fingerprint density at radius 1 is 1.25 bits per heavy atom. The van der Waals surface area contributed by atoms with Gasteiger partial charge >= 0.3 is 6.18 Å². The van der Waals surface area contributed by atoms with E-state index in [4.69, 9.17) is 4.74 Å². The fourth-order valence-electron chi connectivity index (χ4n) is 1.51. The smallest absolute Gasteiger partial charge is 0.411 e. The highest BCUT2D eigenvalue weighted by molar-refractivity contribution is 9.10. The fraction of sp³-hybridized carbons (Fsp3) is 0.538. The van der Waals surface area contributed by atoms with Crippen molar-refractivity contribution in [1.82, 2.24) is 5.32 Å². The Balaban J connectivity index is 2.27. The lowest BCUT2D eigenvalue weighted by Gasteiger charge is -2.10. The first-order valence-electron chi connectivity index (χ1n) is 6.12. The molecule has 1 rings (SSSR count). The van der Waals surface area contributed by atoms with Gasteiger partial charge in [-0.1, -0.05) is 15.9 Å². The number of alkyl halides is 3. The molecule has 1 N–H and O–H groups in total.